The summed E-state index contributed by atoms with van der Waals surface area (Å²) in [5.74, 6) is -0.231. The summed E-state index contributed by atoms with van der Waals surface area (Å²) in [6, 6.07) is 0. The highest BCUT2D eigenvalue weighted by atomic mass is 32.2. The van der Waals surface area contributed by atoms with Gasteiger partial charge in [-0.15, -0.1) is 10.2 Å². The smallest absolute Gasteiger partial charge is 0.322 e. The van der Waals surface area contributed by atoms with Crippen LogP contribution in [0.1, 0.15) is 12.2 Å². The van der Waals surface area contributed by atoms with Gasteiger partial charge in [0.05, 0.1) is 0 Å². The molecule has 0 fully saturated rings. The fraction of sp³-hybridized carbons (Fsp3) is 0.667. The molecule has 1 aliphatic heterocycles. The van der Waals surface area contributed by atoms with E-state index in [0.29, 0.717) is 6.54 Å². The first-order chi connectivity index (χ1) is 6.59. The third-order valence-corrected chi connectivity index (χ3v) is 2.72. The van der Waals surface area contributed by atoms with Crippen molar-refractivity contribution in [3.63, 3.8) is 0 Å². The first kappa shape index (κ1) is 9.63. The molecule has 14 heavy (non-hydrogen) atoms. The lowest BCUT2D eigenvalue weighted by atomic mass is 10.5. The van der Waals surface area contributed by atoms with Crippen molar-refractivity contribution in [1.82, 2.24) is 14.9 Å². The van der Waals surface area contributed by atoms with Crippen molar-refractivity contribution >= 4 is 11.8 Å². The number of hydrogen-bond donors (Lipinski definition) is 1. The molecule has 0 atom stereocenters. The van der Waals surface area contributed by atoms with E-state index in [1.165, 1.54) is 11.8 Å². The fourth-order valence-corrected chi connectivity index (χ4v) is 1.97. The summed E-state index contributed by atoms with van der Waals surface area (Å²) >= 11 is 1.27. The second kappa shape index (κ2) is 3.34. The maximum Gasteiger partial charge on any atom is 0.453 e. The van der Waals surface area contributed by atoms with Crippen LogP contribution >= 0.6 is 11.8 Å². The third-order valence-electron chi connectivity index (χ3n) is 1.71. The number of hydrogen-bond acceptors (Lipinski definition) is 4. The Morgan fingerprint density at radius 1 is 1.36 bits per heavy atom. The van der Waals surface area contributed by atoms with Crippen molar-refractivity contribution in [3.8, 4) is 0 Å². The van der Waals surface area contributed by atoms with E-state index in [2.05, 4.69) is 15.6 Å². The fourth-order valence-electron chi connectivity index (χ4n) is 1.12. The summed E-state index contributed by atoms with van der Waals surface area (Å²) in [5.41, 5.74) is 2.63. The predicted molar refractivity (Wildman–Crippen MR) is 44.6 cm³/mol. The van der Waals surface area contributed by atoms with Crippen LogP contribution in [0.3, 0.4) is 0 Å². The second-order valence-corrected chi connectivity index (χ2v) is 3.81. The summed E-state index contributed by atoms with van der Waals surface area (Å²) in [4.78, 5) is 0. The molecule has 0 saturated heterocycles. The van der Waals surface area contributed by atoms with Crippen molar-refractivity contribution < 1.29 is 13.2 Å². The van der Waals surface area contributed by atoms with Crippen molar-refractivity contribution in [2.75, 3.05) is 17.7 Å². The average molecular weight is 224 g/mol. The van der Waals surface area contributed by atoms with Gasteiger partial charge in [-0.05, 0) is 6.42 Å². The lowest BCUT2D eigenvalue weighted by molar-refractivity contribution is -0.147. The Labute approximate surface area is 81.9 Å². The largest absolute Gasteiger partial charge is 0.453 e. The van der Waals surface area contributed by atoms with Gasteiger partial charge < -0.3 is 5.43 Å². The Hall–Kier alpha value is -0.920. The van der Waals surface area contributed by atoms with E-state index in [0.717, 1.165) is 16.8 Å². The maximum atomic E-state index is 12.4. The van der Waals surface area contributed by atoms with Gasteiger partial charge in [0, 0.05) is 12.3 Å². The van der Waals surface area contributed by atoms with E-state index in [9.17, 15) is 13.2 Å². The molecule has 1 aromatic heterocycles. The molecule has 0 saturated carbocycles. The zero-order valence-electron chi connectivity index (χ0n) is 7.01. The summed E-state index contributed by atoms with van der Waals surface area (Å²) < 4.78 is 38.0. The average Bonchev–Trinajstić information content (AvgIpc) is 2.36. The van der Waals surface area contributed by atoms with Crippen LogP contribution in [0.25, 0.3) is 0 Å². The molecule has 2 heterocycles. The van der Waals surface area contributed by atoms with E-state index < -0.39 is 12.0 Å². The molecule has 1 aromatic rings. The Kier molecular flexibility index (Phi) is 2.30. The normalized spacial score (nSPS) is 17.1. The van der Waals surface area contributed by atoms with Gasteiger partial charge in [-0.3, -0.25) is 0 Å². The lowest BCUT2D eigenvalue weighted by Crippen LogP contribution is -2.23. The van der Waals surface area contributed by atoms with Gasteiger partial charge in [0.1, 0.15) is 0 Å². The predicted octanol–water partition coefficient (Wildman–Crippen LogP) is 1.34. The summed E-state index contributed by atoms with van der Waals surface area (Å²) in [6.07, 6.45) is -3.64. The number of halogens is 3. The molecule has 0 amide bonds. The second-order valence-electron chi connectivity index (χ2n) is 2.75. The standard InChI is InChI=1S/C6H7F3N4S/c7-6(8,9)4-11-12-5-13(4)10-2-1-3-14-5/h10H,1-3H2. The van der Waals surface area contributed by atoms with Gasteiger partial charge in [0.25, 0.3) is 5.82 Å². The molecule has 1 aliphatic rings. The first-order valence-electron chi connectivity index (χ1n) is 3.98. The summed E-state index contributed by atoms with van der Waals surface area (Å²) in [6.45, 7) is 0.501. The van der Waals surface area contributed by atoms with Gasteiger partial charge in [-0.25, -0.2) is 4.68 Å². The van der Waals surface area contributed by atoms with Gasteiger partial charge >= 0.3 is 6.18 Å². The minimum absolute atomic E-state index is 0.273. The number of rotatable bonds is 0. The van der Waals surface area contributed by atoms with Crippen LogP contribution in [-0.4, -0.2) is 27.2 Å². The van der Waals surface area contributed by atoms with Gasteiger partial charge in [0.2, 0.25) is 5.16 Å². The molecule has 4 nitrogen and oxygen atoms in total. The highest BCUT2D eigenvalue weighted by Gasteiger charge is 2.39. The Balaban J connectivity index is 2.39. The van der Waals surface area contributed by atoms with Crippen LogP contribution in [0.2, 0.25) is 0 Å². The Morgan fingerprint density at radius 3 is 2.86 bits per heavy atom. The van der Waals surface area contributed by atoms with Crippen molar-refractivity contribution in [2.45, 2.75) is 17.8 Å². The number of alkyl halides is 3. The van der Waals surface area contributed by atoms with E-state index in [-0.39, 0.29) is 5.16 Å². The van der Waals surface area contributed by atoms with Crippen molar-refractivity contribution in [1.29, 1.82) is 0 Å². The van der Waals surface area contributed by atoms with Crippen LogP contribution < -0.4 is 5.43 Å². The minimum Gasteiger partial charge on any atom is -0.322 e. The van der Waals surface area contributed by atoms with E-state index in [1.54, 1.807) is 0 Å². The number of thioether (sulfide) groups is 1. The van der Waals surface area contributed by atoms with E-state index in [4.69, 9.17) is 0 Å². The highest BCUT2D eigenvalue weighted by molar-refractivity contribution is 7.99. The molecule has 0 aromatic carbocycles. The molecule has 1 N–H and O–H groups in total. The molecule has 0 radical (unpaired) electrons. The molecule has 2 rings (SSSR count). The number of aromatic nitrogens is 3. The van der Waals surface area contributed by atoms with Gasteiger partial charge in [0.15, 0.2) is 0 Å². The Morgan fingerprint density at radius 2 is 2.14 bits per heavy atom. The summed E-state index contributed by atoms with van der Waals surface area (Å²) in [7, 11) is 0. The zero-order chi connectivity index (χ0) is 10.2. The van der Waals surface area contributed by atoms with Crippen LogP contribution in [0.5, 0.6) is 0 Å². The van der Waals surface area contributed by atoms with Gasteiger partial charge in [-0.2, -0.15) is 13.2 Å². The topological polar surface area (TPSA) is 42.7 Å². The quantitative estimate of drug-likeness (QED) is 0.722. The number of nitrogens with one attached hydrogen (secondary N) is 1. The van der Waals surface area contributed by atoms with Crippen LogP contribution in [0.15, 0.2) is 5.16 Å². The molecule has 0 unspecified atom stereocenters. The van der Waals surface area contributed by atoms with Crippen LogP contribution in [0.4, 0.5) is 13.2 Å². The molecule has 8 heteroatoms. The lowest BCUT2D eigenvalue weighted by Gasteiger charge is -2.10. The highest BCUT2D eigenvalue weighted by Crippen LogP contribution is 2.30. The van der Waals surface area contributed by atoms with Crippen molar-refractivity contribution in [2.24, 2.45) is 0 Å². The zero-order valence-corrected chi connectivity index (χ0v) is 7.82. The van der Waals surface area contributed by atoms with E-state index in [1.807, 2.05) is 0 Å². The molecular formula is C6H7F3N4S. The molecule has 0 aliphatic carbocycles. The summed E-state index contributed by atoms with van der Waals surface area (Å²) in [5, 5.41) is 6.86. The maximum absolute atomic E-state index is 12.4. The monoisotopic (exact) mass is 224 g/mol. The molecular weight excluding hydrogens is 217 g/mol. The first-order valence-corrected chi connectivity index (χ1v) is 4.97. The van der Waals surface area contributed by atoms with Crippen LogP contribution in [-0.2, 0) is 6.18 Å². The third kappa shape index (κ3) is 1.66. The molecule has 78 valence electrons. The van der Waals surface area contributed by atoms with Crippen molar-refractivity contribution in [3.05, 3.63) is 5.82 Å². The van der Waals surface area contributed by atoms with Crippen LogP contribution in [0, 0.1) is 0 Å². The SMILES string of the molecule is FC(F)(F)c1nnc2n1NCCCS2. The number of fused-ring (bicyclic) bond motifs is 1. The Bertz CT molecular complexity index is 334. The minimum atomic E-state index is -4.46. The van der Waals surface area contributed by atoms with Gasteiger partial charge in [-0.1, -0.05) is 11.8 Å². The van der Waals surface area contributed by atoms with E-state index >= 15 is 0 Å². The molecule has 0 spiro atoms. The molecule has 0 bridgehead atoms. The number of nitrogens with zero attached hydrogens (tertiary/aromatic N) is 3.